The summed E-state index contributed by atoms with van der Waals surface area (Å²) in [5.41, 5.74) is -0.440. The molecule has 0 aromatic carbocycles. The second kappa shape index (κ2) is 6.92. The van der Waals surface area contributed by atoms with Crippen LogP contribution in [0.25, 0.3) is 17.2 Å². The van der Waals surface area contributed by atoms with Crippen LogP contribution in [0.1, 0.15) is 25.0 Å². The summed E-state index contributed by atoms with van der Waals surface area (Å²) < 4.78 is 40.5. The Hall–Kier alpha value is -3.24. The predicted octanol–water partition coefficient (Wildman–Crippen LogP) is 2.41. The van der Waals surface area contributed by atoms with E-state index in [9.17, 15) is 18.0 Å². The van der Waals surface area contributed by atoms with Gasteiger partial charge in [-0.15, -0.1) is 0 Å². The lowest BCUT2D eigenvalue weighted by atomic mass is 9.99. The standard InChI is InChI=1S/C19H18F3N7O/c20-19(21,22)14-10-29-13(7-25-16(29)8-24-14)18-23-5-4-15(26-18)27-9-12-3-1-2-6-28(12)17(30)11-27/h4-5,7-8,10,12H,1-3,6,9,11H2. The molecule has 8 nitrogen and oxygen atoms in total. The van der Waals surface area contributed by atoms with Crippen LogP contribution in [-0.2, 0) is 11.0 Å². The fraction of sp³-hybridized carbons (Fsp3) is 0.421. The highest BCUT2D eigenvalue weighted by molar-refractivity contribution is 5.83. The van der Waals surface area contributed by atoms with E-state index in [-0.39, 0.29) is 30.0 Å². The van der Waals surface area contributed by atoms with Crippen molar-refractivity contribution in [1.82, 2.24) is 29.2 Å². The number of fused-ring (bicyclic) bond motifs is 2. The molecule has 2 fully saturated rings. The van der Waals surface area contributed by atoms with Crippen LogP contribution in [0.4, 0.5) is 19.0 Å². The molecule has 0 saturated carbocycles. The van der Waals surface area contributed by atoms with Crippen LogP contribution in [0.5, 0.6) is 0 Å². The average Bonchev–Trinajstić information content (AvgIpc) is 3.16. The molecule has 1 atom stereocenters. The number of nitrogens with zero attached hydrogens (tertiary/aromatic N) is 7. The molecule has 1 amide bonds. The van der Waals surface area contributed by atoms with Gasteiger partial charge in [0.15, 0.2) is 17.2 Å². The monoisotopic (exact) mass is 417 g/mol. The van der Waals surface area contributed by atoms with Crippen molar-refractivity contribution >= 4 is 17.4 Å². The molecule has 11 heteroatoms. The van der Waals surface area contributed by atoms with Crippen molar-refractivity contribution in [2.24, 2.45) is 0 Å². The molecule has 2 saturated heterocycles. The third-order valence-electron chi connectivity index (χ3n) is 5.59. The number of anilines is 1. The quantitative estimate of drug-likeness (QED) is 0.637. The van der Waals surface area contributed by atoms with E-state index in [1.54, 1.807) is 12.3 Å². The number of carbonyl (C=O) groups is 1. The number of hydrogen-bond acceptors (Lipinski definition) is 6. The summed E-state index contributed by atoms with van der Waals surface area (Å²) in [6, 6.07) is 1.87. The fourth-order valence-corrected chi connectivity index (χ4v) is 4.12. The Morgan fingerprint density at radius 2 is 1.97 bits per heavy atom. The second-order valence-corrected chi connectivity index (χ2v) is 7.50. The summed E-state index contributed by atoms with van der Waals surface area (Å²) in [6.07, 6.45) is 3.42. The molecule has 3 aromatic heterocycles. The Balaban J connectivity index is 1.49. The number of hydrogen-bond donors (Lipinski definition) is 0. The molecule has 0 radical (unpaired) electrons. The number of piperazine rings is 1. The molecule has 0 N–H and O–H groups in total. The summed E-state index contributed by atoms with van der Waals surface area (Å²) in [5, 5.41) is 0. The van der Waals surface area contributed by atoms with Gasteiger partial charge in [0.25, 0.3) is 0 Å². The largest absolute Gasteiger partial charge is 0.434 e. The van der Waals surface area contributed by atoms with Crippen molar-refractivity contribution in [3.8, 4) is 11.5 Å². The predicted molar refractivity (Wildman–Crippen MR) is 101 cm³/mol. The van der Waals surface area contributed by atoms with Crippen LogP contribution < -0.4 is 4.90 Å². The Kier molecular flexibility index (Phi) is 4.33. The van der Waals surface area contributed by atoms with Gasteiger partial charge in [0.05, 0.1) is 18.9 Å². The van der Waals surface area contributed by atoms with Crippen LogP contribution >= 0.6 is 0 Å². The van der Waals surface area contributed by atoms with Crippen LogP contribution in [0, 0.1) is 0 Å². The summed E-state index contributed by atoms with van der Waals surface area (Å²) >= 11 is 0. The molecular weight excluding hydrogens is 399 g/mol. The first-order valence-electron chi connectivity index (χ1n) is 9.68. The Morgan fingerprint density at radius 1 is 1.10 bits per heavy atom. The van der Waals surface area contributed by atoms with E-state index in [0.717, 1.165) is 38.2 Å². The van der Waals surface area contributed by atoms with Crippen LogP contribution in [0.15, 0.2) is 30.9 Å². The third kappa shape index (κ3) is 3.23. The Labute approximate surface area is 169 Å². The molecule has 156 valence electrons. The molecule has 30 heavy (non-hydrogen) atoms. The van der Waals surface area contributed by atoms with Crippen molar-refractivity contribution in [2.75, 3.05) is 24.5 Å². The Bertz CT molecular complexity index is 1110. The van der Waals surface area contributed by atoms with E-state index in [0.29, 0.717) is 18.1 Å². The van der Waals surface area contributed by atoms with Gasteiger partial charge in [-0.1, -0.05) is 0 Å². The maximum atomic E-state index is 13.1. The summed E-state index contributed by atoms with van der Waals surface area (Å²) in [4.78, 5) is 32.7. The smallest absolute Gasteiger partial charge is 0.345 e. The molecule has 5 heterocycles. The van der Waals surface area contributed by atoms with E-state index in [4.69, 9.17) is 0 Å². The average molecular weight is 417 g/mol. The van der Waals surface area contributed by atoms with Crippen LogP contribution in [-0.4, -0.2) is 60.8 Å². The lowest BCUT2D eigenvalue weighted by Gasteiger charge is -2.44. The molecule has 3 aromatic rings. The third-order valence-corrected chi connectivity index (χ3v) is 5.59. The molecular formula is C19H18F3N7O. The molecule has 2 aliphatic heterocycles. The van der Waals surface area contributed by atoms with E-state index in [1.165, 1.54) is 10.6 Å². The van der Waals surface area contributed by atoms with Crippen molar-refractivity contribution in [3.63, 3.8) is 0 Å². The molecule has 0 bridgehead atoms. The zero-order valence-corrected chi connectivity index (χ0v) is 15.9. The van der Waals surface area contributed by atoms with Gasteiger partial charge in [-0.25, -0.2) is 19.9 Å². The Morgan fingerprint density at radius 3 is 2.80 bits per heavy atom. The second-order valence-electron chi connectivity index (χ2n) is 7.50. The van der Waals surface area contributed by atoms with Crippen molar-refractivity contribution in [3.05, 3.63) is 36.5 Å². The van der Waals surface area contributed by atoms with Crippen molar-refractivity contribution < 1.29 is 18.0 Å². The number of aromatic nitrogens is 5. The highest BCUT2D eigenvalue weighted by Gasteiger charge is 2.35. The van der Waals surface area contributed by atoms with Gasteiger partial charge in [0.2, 0.25) is 5.91 Å². The highest BCUT2D eigenvalue weighted by Crippen LogP contribution is 2.29. The van der Waals surface area contributed by atoms with Gasteiger partial charge in [-0.2, -0.15) is 13.2 Å². The number of carbonyl (C=O) groups excluding carboxylic acids is 1. The number of alkyl halides is 3. The van der Waals surface area contributed by atoms with E-state index < -0.39 is 11.9 Å². The van der Waals surface area contributed by atoms with Gasteiger partial charge in [-0.3, -0.25) is 9.20 Å². The maximum absolute atomic E-state index is 13.1. The molecule has 5 rings (SSSR count). The van der Waals surface area contributed by atoms with E-state index in [1.807, 2.05) is 9.80 Å². The number of piperidine rings is 1. The minimum Gasteiger partial charge on any atom is -0.345 e. The van der Waals surface area contributed by atoms with E-state index in [2.05, 4.69) is 19.9 Å². The minimum atomic E-state index is -4.57. The topological polar surface area (TPSA) is 79.5 Å². The lowest BCUT2D eigenvalue weighted by molar-refractivity contribution is -0.141. The molecule has 2 aliphatic rings. The number of rotatable bonds is 2. The minimum absolute atomic E-state index is 0.0711. The first kappa shape index (κ1) is 18.8. The number of imidazole rings is 1. The number of halogens is 3. The zero-order chi connectivity index (χ0) is 20.9. The van der Waals surface area contributed by atoms with Crippen molar-refractivity contribution in [1.29, 1.82) is 0 Å². The molecule has 0 spiro atoms. The molecule has 0 aliphatic carbocycles. The highest BCUT2D eigenvalue weighted by atomic mass is 19.4. The van der Waals surface area contributed by atoms with Gasteiger partial charge in [-0.05, 0) is 25.3 Å². The molecule has 1 unspecified atom stereocenters. The summed E-state index contributed by atoms with van der Waals surface area (Å²) in [5.74, 6) is 0.873. The normalized spacial score (nSPS) is 20.0. The fourth-order valence-electron chi connectivity index (χ4n) is 4.12. The van der Waals surface area contributed by atoms with E-state index >= 15 is 0 Å². The number of amides is 1. The first-order chi connectivity index (χ1) is 14.4. The van der Waals surface area contributed by atoms with Crippen molar-refractivity contribution in [2.45, 2.75) is 31.5 Å². The first-order valence-corrected chi connectivity index (χ1v) is 9.68. The summed E-state index contributed by atoms with van der Waals surface area (Å²) in [7, 11) is 0. The SMILES string of the molecule is O=C1CN(c2ccnc(-c3cnc4cnc(C(F)(F)F)cn34)n2)CC2CCCCN12. The maximum Gasteiger partial charge on any atom is 0.434 e. The summed E-state index contributed by atoms with van der Waals surface area (Å²) in [6.45, 7) is 1.70. The zero-order valence-electron chi connectivity index (χ0n) is 15.9. The van der Waals surface area contributed by atoms with Gasteiger partial charge in [0.1, 0.15) is 11.5 Å². The van der Waals surface area contributed by atoms with Crippen LogP contribution in [0.3, 0.4) is 0 Å². The van der Waals surface area contributed by atoms with Gasteiger partial charge in [0, 0.05) is 31.5 Å². The lowest BCUT2D eigenvalue weighted by Crippen LogP contribution is -2.58. The van der Waals surface area contributed by atoms with Crippen LogP contribution in [0.2, 0.25) is 0 Å². The van der Waals surface area contributed by atoms with Gasteiger partial charge < -0.3 is 9.80 Å². The van der Waals surface area contributed by atoms with Gasteiger partial charge >= 0.3 is 6.18 Å².